The molecule has 4 aromatic heterocycles. The number of pyridine rings is 2. The molecule has 4 nitrogen and oxygen atoms in total. The van der Waals surface area contributed by atoms with Gasteiger partial charge in [0.2, 0.25) is 0 Å². The molecule has 25 heavy (non-hydrogen) atoms. The van der Waals surface area contributed by atoms with Gasteiger partial charge in [-0.3, -0.25) is 9.97 Å². The number of nitriles is 2. The van der Waals surface area contributed by atoms with Gasteiger partial charge in [-0.2, -0.15) is 10.5 Å². The summed E-state index contributed by atoms with van der Waals surface area (Å²) in [4.78, 5) is 8.18. The van der Waals surface area contributed by atoms with E-state index < -0.39 is 0 Å². The van der Waals surface area contributed by atoms with E-state index in [0.717, 1.165) is 24.2 Å². The quantitative estimate of drug-likeness (QED) is 0.299. The fraction of sp³-hybridized carbons (Fsp3) is 0. The molecule has 0 N–H and O–H groups in total. The van der Waals surface area contributed by atoms with Gasteiger partial charge in [0, 0.05) is 12.4 Å². The smallest absolute Gasteiger partial charge is 0.102 e. The molecule has 4 aromatic rings. The largest absolute Gasteiger partial charge is 0.254 e. The lowest BCUT2D eigenvalue weighted by Gasteiger charge is -1.93. The molecule has 0 saturated carbocycles. The number of rotatable bonds is 0. The molecule has 0 aromatic carbocycles. The van der Waals surface area contributed by atoms with Gasteiger partial charge < -0.3 is 0 Å². The number of halogens is 3. The lowest BCUT2D eigenvalue weighted by atomic mass is 10.3. The van der Waals surface area contributed by atoms with Crippen molar-refractivity contribution in [1.29, 1.82) is 10.5 Å². The van der Waals surface area contributed by atoms with E-state index in [0.29, 0.717) is 21.2 Å². The van der Waals surface area contributed by atoms with Crippen molar-refractivity contribution in [2.45, 2.75) is 0 Å². The van der Waals surface area contributed by atoms with Gasteiger partial charge in [-0.1, -0.05) is 23.2 Å². The molecule has 9 heteroatoms. The van der Waals surface area contributed by atoms with E-state index in [2.05, 4.69) is 25.9 Å². The molecular formula is C16H5BrCl2N4S2. The molecule has 0 aliphatic carbocycles. The van der Waals surface area contributed by atoms with Crippen molar-refractivity contribution in [3.05, 3.63) is 54.9 Å². The Morgan fingerprint density at radius 1 is 0.960 bits per heavy atom. The van der Waals surface area contributed by atoms with E-state index in [4.69, 9.17) is 33.7 Å². The number of thiophene rings is 2. The topological polar surface area (TPSA) is 73.4 Å². The standard InChI is InChI=1S/C8H2BrClN2S.C8H3ClN2S/c9-6-1-5-8(13-6)7(10)4(2-11)3-12-5;9-7-5(3-10)4-11-6-1-2-12-8(6)7/h1,3H;1-2,4H. The molecule has 0 aliphatic rings. The lowest BCUT2D eigenvalue weighted by Crippen LogP contribution is -1.79. The highest BCUT2D eigenvalue weighted by atomic mass is 79.9. The Balaban J connectivity index is 0.000000146. The van der Waals surface area contributed by atoms with Crippen molar-refractivity contribution in [2.24, 2.45) is 0 Å². The fourth-order valence-electron chi connectivity index (χ4n) is 1.96. The van der Waals surface area contributed by atoms with Crippen molar-refractivity contribution in [3.8, 4) is 12.1 Å². The predicted octanol–water partition coefficient (Wildman–Crippen LogP) is 6.41. The van der Waals surface area contributed by atoms with Crippen LogP contribution in [-0.4, -0.2) is 9.97 Å². The number of aromatic nitrogens is 2. The van der Waals surface area contributed by atoms with E-state index in [9.17, 15) is 0 Å². The van der Waals surface area contributed by atoms with Crippen LogP contribution in [0.2, 0.25) is 10.0 Å². The Bertz CT molecular complexity index is 1170. The van der Waals surface area contributed by atoms with E-state index in [-0.39, 0.29) is 0 Å². The van der Waals surface area contributed by atoms with E-state index in [1.807, 2.05) is 29.7 Å². The molecule has 0 atom stereocenters. The molecule has 0 fully saturated rings. The third-order valence-electron chi connectivity index (χ3n) is 3.10. The molecule has 0 unspecified atom stereocenters. The van der Waals surface area contributed by atoms with Crippen LogP contribution in [0.4, 0.5) is 0 Å². The third-order valence-corrected chi connectivity index (χ3v) is 6.68. The highest BCUT2D eigenvalue weighted by Gasteiger charge is 2.09. The first kappa shape index (κ1) is 18.1. The van der Waals surface area contributed by atoms with Crippen molar-refractivity contribution in [1.82, 2.24) is 9.97 Å². The van der Waals surface area contributed by atoms with Gasteiger partial charge in [0.25, 0.3) is 0 Å². The summed E-state index contributed by atoms with van der Waals surface area (Å²) in [5, 5.41) is 20.3. The number of hydrogen-bond acceptors (Lipinski definition) is 6. The minimum atomic E-state index is 0.420. The van der Waals surface area contributed by atoms with E-state index in [1.54, 1.807) is 0 Å². The summed E-state index contributed by atoms with van der Waals surface area (Å²) < 4.78 is 2.70. The average molecular weight is 468 g/mol. The SMILES string of the molecule is N#Cc1cnc2cc(Br)sc2c1Cl.N#Cc1cnc2ccsc2c1Cl. The predicted molar refractivity (Wildman–Crippen MR) is 106 cm³/mol. The maximum absolute atomic E-state index is 8.70. The maximum Gasteiger partial charge on any atom is 0.102 e. The summed E-state index contributed by atoms with van der Waals surface area (Å²) in [6.45, 7) is 0. The second-order valence-electron chi connectivity index (χ2n) is 4.60. The summed E-state index contributed by atoms with van der Waals surface area (Å²) in [6, 6.07) is 7.75. The molecule has 0 aliphatic heterocycles. The first-order valence-electron chi connectivity index (χ1n) is 6.60. The molecule has 4 rings (SSSR count). The Morgan fingerprint density at radius 3 is 2.20 bits per heavy atom. The van der Waals surface area contributed by atoms with Crippen molar-refractivity contribution >= 4 is 82.2 Å². The first-order valence-corrected chi connectivity index (χ1v) is 9.85. The van der Waals surface area contributed by atoms with Crippen LogP contribution in [0.25, 0.3) is 20.4 Å². The van der Waals surface area contributed by atoms with Gasteiger partial charge >= 0.3 is 0 Å². The molecule has 0 spiro atoms. The summed E-state index contributed by atoms with van der Waals surface area (Å²) in [6.07, 6.45) is 2.99. The molecule has 0 radical (unpaired) electrons. The van der Waals surface area contributed by atoms with Gasteiger partial charge in [-0.25, -0.2) is 0 Å². The average Bonchev–Trinajstić information content (AvgIpc) is 3.23. The molecule has 0 amide bonds. The zero-order chi connectivity index (χ0) is 18.0. The van der Waals surface area contributed by atoms with Gasteiger partial charge in [-0.05, 0) is 33.4 Å². The van der Waals surface area contributed by atoms with Crippen LogP contribution < -0.4 is 0 Å². The summed E-state index contributed by atoms with van der Waals surface area (Å²) >= 11 is 18.2. The Hall–Kier alpha value is -1.74. The Kier molecular flexibility index (Phi) is 5.53. The highest BCUT2D eigenvalue weighted by molar-refractivity contribution is 9.11. The summed E-state index contributed by atoms with van der Waals surface area (Å²) in [7, 11) is 0. The fourth-order valence-corrected chi connectivity index (χ4v) is 4.85. The molecule has 0 bridgehead atoms. The molecule has 122 valence electrons. The van der Waals surface area contributed by atoms with Crippen LogP contribution >= 0.6 is 61.8 Å². The minimum absolute atomic E-state index is 0.420. The molecular weight excluding hydrogens is 463 g/mol. The number of nitrogens with zero attached hydrogens (tertiary/aromatic N) is 4. The summed E-state index contributed by atoms with van der Waals surface area (Å²) in [5.74, 6) is 0. The van der Waals surface area contributed by atoms with Crippen molar-refractivity contribution in [2.75, 3.05) is 0 Å². The Labute approximate surface area is 169 Å². The van der Waals surface area contributed by atoms with Crippen LogP contribution in [0.1, 0.15) is 11.1 Å². The van der Waals surface area contributed by atoms with Gasteiger partial charge in [0.1, 0.15) is 12.1 Å². The normalized spacial score (nSPS) is 10.1. The number of fused-ring (bicyclic) bond motifs is 2. The van der Waals surface area contributed by atoms with Gasteiger partial charge in [0.15, 0.2) is 0 Å². The lowest BCUT2D eigenvalue weighted by molar-refractivity contribution is 1.38. The highest BCUT2D eigenvalue weighted by Crippen LogP contribution is 2.35. The van der Waals surface area contributed by atoms with Crippen LogP contribution in [0.3, 0.4) is 0 Å². The van der Waals surface area contributed by atoms with Crippen LogP contribution in [0.15, 0.2) is 33.7 Å². The van der Waals surface area contributed by atoms with Crippen molar-refractivity contribution in [3.63, 3.8) is 0 Å². The van der Waals surface area contributed by atoms with Gasteiger partial charge in [-0.15, -0.1) is 22.7 Å². The third kappa shape index (κ3) is 3.62. The summed E-state index contributed by atoms with van der Waals surface area (Å²) in [5.41, 5.74) is 2.53. The molecule has 0 saturated heterocycles. The van der Waals surface area contributed by atoms with Crippen molar-refractivity contribution < 1.29 is 0 Å². The monoisotopic (exact) mass is 466 g/mol. The van der Waals surface area contributed by atoms with E-state index in [1.165, 1.54) is 35.1 Å². The van der Waals surface area contributed by atoms with Crippen LogP contribution in [0.5, 0.6) is 0 Å². The second kappa shape index (κ2) is 7.65. The zero-order valence-electron chi connectivity index (χ0n) is 12.1. The van der Waals surface area contributed by atoms with Crippen LogP contribution in [0, 0.1) is 22.7 Å². The first-order chi connectivity index (χ1) is 12.0. The number of hydrogen-bond donors (Lipinski definition) is 0. The van der Waals surface area contributed by atoms with Gasteiger partial charge in [0.05, 0.1) is 45.4 Å². The van der Waals surface area contributed by atoms with Crippen LogP contribution in [-0.2, 0) is 0 Å². The zero-order valence-corrected chi connectivity index (χ0v) is 16.9. The molecule has 4 heterocycles. The van der Waals surface area contributed by atoms with E-state index >= 15 is 0 Å². The minimum Gasteiger partial charge on any atom is -0.254 e. The maximum atomic E-state index is 8.70. The second-order valence-corrected chi connectivity index (χ2v) is 8.70. The Morgan fingerprint density at radius 2 is 1.56 bits per heavy atom.